The lowest BCUT2D eigenvalue weighted by Gasteiger charge is -2.31. The van der Waals surface area contributed by atoms with Crippen LogP contribution in [0.4, 0.5) is 10.7 Å². The monoisotopic (exact) mass is 372 g/mol. The predicted molar refractivity (Wildman–Crippen MR) is 106 cm³/mol. The summed E-state index contributed by atoms with van der Waals surface area (Å²) in [7, 11) is 1.43. The van der Waals surface area contributed by atoms with Crippen molar-refractivity contribution >= 4 is 45.3 Å². The van der Waals surface area contributed by atoms with Gasteiger partial charge in [-0.15, -0.1) is 11.3 Å². The molecule has 4 rings (SSSR count). The first kappa shape index (κ1) is 16.5. The molecule has 1 aliphatic carbocycles. The zero-order valence-electron chi connectivity index (χ0n) is 14.1. The summed E-state index contributed by atoms with van der Waals surface area (Å²) in [5.74, 6) is -0.274. The third-order valence-corrected chi connectivity index (χ3v) is 6.42. The minimum absolute atomic E-state index is 0.274. The van der Waals surface area contributed by atoms with E-state index < -0.39 is 0 Å². The minimum Gasteiger partial charge on any atom is -0.465 e. The molecule has 0 saturated carbocycles. The van der Waals surface area contributed by atoms with Crippen LogP contribution in [0.1, 0.15) is 39.2 Å². The van der Waals surface area contributed by atoms with Gasteiger partial charge in [0.05, 0.1) is 12.7 Å². The summed E-state index contributed by atoms with van der Waals surface area (Å²) in [6.45, 7) is 0.890. The van der Waals surface area contributed by atoms with E-state index in [1.165, 1.54) is 17.6 Å². The summed E-state index contributed by atoms with van der Waals surface area (Å²) in [5, 5.41) is 4.81. The molecule has 0 saturated heterocycles. The zero-order chi connectivity index (χ0) is 17.4. The van der Waals surface area contributed by atoms with E-state index >= 15 is 0 Å². The van der Waals surface area contributed by atoms with Crippen LogP contribution in [0.25, 0.3) is 0 Å². The van der Waals surface area contributed by atoms with Gasteiger partial charge >= 0.3 is 5.97 Å². The largest absolute Gasteiger partial charge is 0.465 e. The standard InChI is InChI=1S/C19H20N2O2S2/c1-23-18(22)16-13-8-4-10-15(13)25-17(16)20-19(24)21-11-5-7-12-6-2-3-9-14(12)21/h2-3,6,9H,4-5,7-8,10-11H2,1H3,(H,20,24). The molecule has 0 atom stereocenters. The van der Waals surface area contributed by atoms with Crippen molar-refractivity contribution < 1.29 is 9.53 Å². The number of hydrogen-bond donors (Lipinski definition) is 1. The van der Waals surface area contributed by atoms with E-state index in [-0.39, 0.29) is 5.97 Å². The van der Waals surface area contributed by atoms with Crippen molar-refractivity contribution in [1.82, 2.24) is 0 Å². The van der Waals surface area contributed by atoms with E-state index in [4.69, 9.17) is 17.0 Å². The van der Waals surface area contributed by atoms with Gasteiger partial charge in [0, 0.05) is 17.1 Å². The van der Waals surface area contributed by atoms with Gasteiger partial charge in [0.1, 0.15) is 5.00 Å². The highest BCUT2D eigenvalue weighted by atomic mass is 32.1. The molecule has 0 bridgehead atoms. The highest BCUT2D eigenvalue weighted by molar-refractivity contribution is 7.80. The number of nitrogens with one attached hydrogen (secondary N) is 1. The minimum atomic E-state index is -0.274. The van der Waals surface area contributed by atoms with Crippen LogP contribution < -0.4 is 10.2 Å². The Morgan fingerprint density at radius 1 is 1.24 bits per heavy atom. The van der Waals surface area contributed by atoms with Gasteiger partial charge in [-0.2, -0.15) is 0 Å². The van der Waals surface area contributed by atoms with Crippen LogP contribution >= 0.6 is 23.6 Å². The molecule has 1 aromatic heterocycles. The molecule has 1 N–H and O–H groups in total. The molecule has 0 radical (unpaired) electrons. The lowest BCUT2D eigenvalue weighted by molar-refractivity contribution is 0.0601. The van der Waals surface area contributed by atoms with Crippen LogP contribution in [0, 0.1) is 0 Å². The van der Waals surface area contributed by atoms with Crippen LogP contribution in [-0.4, -0.2) is 24.7 Å². The maximum Gasteiger partial charge on any atom is 0.341 e. The number of methoxy groups -OCH3 is 1. The number of carbonyl (C=O) groups excluding carboxylic acids is 1. The topological polar surface area (TPSA) is 41.6 Å². The number of aryl methyl sites for hydroxylation is 2. The van der Waals surface area contributed by atoms with Gasteiger partial charge in [-0.3, -0.25) is 0 Å². The number of ether oxygens (including phenoxy) is 1. The van der Waals surface area contributed by atoms with Gasteiger partial charge in [0.15, 0.2) is 5.11 Å². The van der Waals surface area contributed by atoms with Crippen molar-refractivity contribution in [3.8, 4) is 0 Å². The van der Waals surface area contributed by atoms with Gasteiger partial charge in [-0.25, -0.2) is 4.79 Å². The van der Waals surface area contributed by atoms with E-state index in [2.05, 4.69) is 28.4 Å². The van der Waals surface area contributed by atoms with Crippen molar-refractivity contribution in [2.45, 2.75) is 32.1 Å². The molecule has 4 nitrogen and oxygen atoms in total. The molecule has 0 spiro atoms. The quantitative estimate of drug-likeness (QED) is 0.633. The Labute approximate surface area is 156 Å². The molecule has 2 aliphatic rings. The van der Waals surface area contributed by atoms with E-state index in [1.54, 1.807) is 11.3 Å². The van der Waals surface area contributed by atoms with Gasteiger partial charge in [-0.1, -0.05) is 18.2 Å². The third kappa shape index (κ3) is 2.93. The van der Waals surface area contributed by atoms with Gasteiger partial charge in [0.25, 0.3) is 0 Å². The Balaban J connectivity index is 1.63. The average Bonchev–Trinajstić information content (AvgIpc) is 3.21. The first-order valence-electron chi connectivity index (χ1n) is 8.58. The molecule has 2 aromatic rings. The number of rotatable bonds is 2. The first-order chi connectivity index (χ1) is 12.2. The predicted octanol–water partition coefficient (Wildman–Crippen LogP) is 4.17. The summed E-state index contributed by atoms with van der Waals surface area (Å²) >= 11 is 7.33. The summed E-state index contributed by atoms with van der Waals surface area (Å²) < 4.78 is 5.01. The molecule has 0 unspecified atom stereocenters. The Kier molecular flexibility index (Phi) is 4.48. The van der Waals surface area contributed by atoms with Gasteiger partial charge in [-0.05, 0) is 61.5 Å². The summed E-state index contributed by atoms with van der Waals surface area (Å²) in [6, 6.07) is 8.37. The zero-order valence-corrected chi connectivity index (χ0v) is 15.8. The fourth-order valence-corrected chi connectivity index (χ4v) is 5.35. The van der Waals surface area contributed by atoms with E-state index in [9.17, 15) is 4.79 Å². The van der Waals surface area contributed by atoms with E-state index in [1.807, 2.05) is 6.07 Å². The molecule has 2 heterocycles. The second-order valence-corrected chi connectivity index (χ2v) is 7.86. The number of esters is 1. The molecule has 1 aromatic carbocycles. The maximum absolute atomic E-state index is 12.3. The fourth-order valence-electron chi connectivity index (χ4n) is 3.72. The maximum atomic E-state index is 12.3. The highest BCUT2D eigenvalue weighted by Gasteiger charge is 2.29. The second kappa shape index (κ2) is 6.77. The van der Waals surface area contributed by atoms with Crippen LogP contribution in [0.5, 0.6) is 0 Å². The summed E-state index contributed by atoms with van der Waals surface area (Å²) in [5.41, 5.74) is 4.29. The number of benzene rings is 1. The number of thiophene rings is 1. The van der Waals surface area contributed by atoms with Crippen molar-refractivity contribution in [3.05, 3.63) is 45.8 Å². The Hall–Kier alpha value is -1.92. The van der Waals surface area contributed by atoms with Crippen molar-refractivity contribution in [2.75, 3.05) is 23.9 Å². The first-order valence-corrected chi connectivity index (χ1v) is 9.81. The second-order valence-electron chi connectivity index (χ2n) is 6.37. The van der Waals surface area contributed by atoms with E-state index in [0.717, 1.165) is 54.9 Å². The van der Waals surface area contributed by atoms with Crippen LogP contribution in [0.3, 0.4) is 0 Å². The molecule has 1 aliphatic heterocycles. The normalized spacial score (nSPS) is 15.5. The number of anilines is 2. The van der Waals surface area contributed by atoms with Gasteiger partial charge in [0.2, 0.25) is 0 Å². The molecular weight excluding hydrogens is 352 g/mol. The average molecular weight is 373 g/mol. The van der Waals surface area contributed by atoms with Crippen molar-refractivity contribution in [2.24, 2.45) is 0 Å². The SMILES string of the molecule is COC(=O)c1c(NC(=S)N2CCCc3ccccc32)sc2c1CCC2. The van der Waals surface area contributed by atoms with Crippen LogP contribution in [0.2, 0.25) is 0 Å². The van der Waals surface area contributed by atoms with Crippen LogP contribution in [0.15, 0.2) is 24.3 Å². The Morgan fingerprint density at radius 3 is 2.92 bits per heavy atom. The Morgan fingerprint density at radius 2 is 2.08 bits per heavy atom. The Bertz CT molecular complexity index is 844. The fraction of sp³-hybridized carbons (Fsp3) is 0.368. The lowest BCUT2D eigenvalue weighted by atomic mass is 10.0. The smallest absolute Gasteiger partial charge is 0.341 e. The van der Waals surface area contributed by atoms with Crippen molar-refractivity contribution in [3.63, 3.8) is 0 Å². The highest BCUT2D eigenvalue weighted by Crippen LogP contribution is 2.40. The van der Waals surface area contributed by atoms with Crippen LogP contribution in [-0.2, 0) is 24.0 Å². The van der Waals surface area contributed by atoms with E-state index in [0.29, 0.717) is 10.7 Å². The summed E-state index contributed by atoms with van der Waals surface area (Å²) in [4.78, 5) is 15.7. The van der Waals surface area contributed by atoms with Gasteiger partial charge < -0.3 is 15.0 Å². The number of nitrogens with zero attached hydrogens (tertiary/aromatic N) is 1. The summed E-state index contributed by atoms with van der Waals surface area (Å²) in [6.07, 6.45) is 5.23. The van der Waals surface area contributed by atoms with Crippen molar-refractivity contribution in [1.29, 1.82) is 0 Å². The number of thiocarbonyl (C=S) groups is 1. The number of carbonyl (C=O) groups is 1. The molecule has 130 valence electrons. The molecule has 0 fully saturated rings. The molecular formula is C19H20N2O2S2. The third-order valence-electron chi connectivity index (χ3n) is 4.89. The number of fused-ring (bicyclic) bond motifs is 2. The molecule has 0 amide bonds. The molecule has 6 heteroatoms. The molecule has 25 heavy (non-hydrogen) atoms. The number of para-hydroxylation sites is 1. The lowest BCUT2D eigenvalue weighted by Crippen LogP contribution is -2.38. The number of hydrogen-bond acceptors (Lipinski definition) is 4.